The van der Waals surface area contributed by atoms with Crippen LogP contribution in [0.2, 0.25) is 0 Å². The molecule has 2 aromatic carbocycles. The fraction of sp³-hybridized carbons (Fsp3) is 0.350. The molecular formula is C20H23N3O5S2. The van der Waals surface area contributed by atoms with Crippen LogP contribution in [-0.4, -0.2) is 50.5 Å². The second-order valence-corrected chi connectivity index (χ2v) is 11.4. The minimum absolute atomic E-state index is 0.0277. The fourth-order valence-corrected chi connectivity index (χ4v) is 7.08. The number of nitrogens with zero attached hydrogens (tertiary/aromatic N) is 2. The number of sulfonamides is 2. The van der Waals surface area contributed by atoms with Crippen LogP contribution in [0.4, 0.5) is 0 Å². The summed E-state index contributed by atoms with van der Waals surface area (Å²) < 4.78 is 54.4. The van der Waals surface area contributed by atoms with Crippen LogP contribution in [0, 0.1) is 0 Å². The van der Waals surface area contributed by atoms with E-state index >= 15 is 0 Å². The van der Waals surface area contributed by atoms with Gasteiger partial charge in [0.15, 0.2) is 0 Å². The van der Waals surface area contributed by atoms with Crippen molar-refractivity contribution in [2.75, 3.05) is 13.1 Å². The molecule has 160 valence electrons. The van der Waals surface area contributed by atoms with Crippen LogP contribution in [0.5, 0.6) is 0 Å². The highest BCUT2D eigenvalue weighted by Crippen LogP contribution is 2.30. The van der Waals surface area contributed by atoms with Gasteiger partial charge in [0.2, 0.25) is 26.0 Å². The second-order valence-electron chi connectivity index (χ2n) is 7.52. The van der Waals surface area contributed by atoms with Gasteiger partial charge in [0.25, 0.3) is 0 Å². The second kappa shape index (κ2) is 7.77. The lowest BCUT2D eigenvalue weighted by atomic mass is 9.96. The molecule has 4 rings (SSSR count). The summed E-state index contributed by atoms with van der Waals surface area (Å²) in [5.74, 6) is -0.721. The van der Waals surface area contributed by atoms with Crippen molar-refractivity contribution in [3.8, 4) is 0 Å². The summed E-state index contributed by atoms with van der Waals surface area (Å²) in [6.45, 7) is 0.964. The molecule has 10 heteroatoms. The molecule has 1 amide bonds. The molecule has 2 aliphatic rings. The first-order valence-electron chi connectivity index (χ1n) is 9.69. The summed E-state index contributed by atoms with van der Waals surface area (Å²) in [7, 11) is -7.70. The van der Waals surface area contributed by atoms with Gasteiger partial charge in [-0.3, -0.25) is 4.79 Å². The smallest absolute Gasteiger partial charge is 0.244 e. The number of primary amides is 1. The number of hydrogen-bond acceptors (Lipinski definition) is 5. The highest BCUT2D eigenvalue weighted by molar-refractivity contribution is 7.89. The monoisotopic (exact) mass is 449 g/mol. The van der Waals surface area contributed by atoms with Crippen molar-refractivity contribution in [1.29, 1.82) is 0 Å². The van der Waals surface area contributed by atoms with Crippen molar-refractivity contribution >= 4 is 26.0 Å². The van der Waals surface area contributed by atoms with Gasteiger partial charge in [0, 0.05) is 19.6 Å². The Kier molecular flexibility index (Phi) is 5.43. The van der Waals surface area contributed by atoms with E-state index in [0.717, 1.165) is 28.3 Å². The van der Waals surface area contributed by atoms with Crippen molar-refractivity contribution < 1.29 is 21.6 Å². The van der Waals surface area contributed by atoms with Crippen LogP contribution in [-0.2, 0) is 37.8 Å². The molecule has 0 radical (unpaired) electrons. The zero-order valence-corrected chi connectivity index (χ0v) is 17.9. The maximum absolute atomic E-state index is 13.3. The van der Waals surface area contributed by atoms with Crippen LogP contribution >= 0.6 is 0 Å². The maximum Gasteiger partial charge on any atom is 0.244 e. The molecule has 30 heavy (non-hydrogen) atoms. The number of carbonyl (C=O) groups is 1. The van der Waals surface area contributed by atoms with E-state index < -0.39 is 32.0 Å². The largest absolute Gasteiger partial charge is 0.368 e. The minimum Gasteiger partial charge on any atom is -0.368 e. The van der Waals surface area contributed by atoms with Crippen LogP contribution in [0.3, 0.4) is 0 Å². The summed E-state index contributed by atoms with van der Waals surface area (Å²) in [4.78, 5) is 12.0. The maximum atomic E-state index is 13.3. The minimum atomic E-state index is -4.06. The topological polar surface area (TPSA) is 118 Å². The predicted molar refractivity (Wildman–Crippen MR) is 110 cm³/mol. The number of rotatable bonds is 5. The number of amides is 1. The molecule has 0 aromatic heterocycles. The van der Waals surface area contributed by atoms with Gasteiger partial charge in [-0.1, -0.05) is 24.3 Å². The van der Waals surface area contributed by atoms with Crippen LogP contribution in [0.1, 0.15) is 24.0 Å². The number of nitrogens with two attached hydrogens (primary N) is 1. The summed E-state index contributed by atoms with van der Waals surface area (Å²) >= 11 is 0. The lowest BCUT2D eigenvalue weighted by molar-refractivity contribution is -0.122. The number of carbonyl (C=O) groups excluding carboxylic acids is 1. The SMILES string of the molecule is NC(=O)[C@@H]1Cc2ccccc2CN1S(=O)(=O)c1ccc(S(=O)(=O)N2CCCC2)cc1. The molecule has 1 atom stereocenters. The summed E-state index contributed by atoms with van der Waals surface area (Å²) in [6, 6.07) is 11.5. The van der Waals surface area contributed by atoms with Crippen molar-refractivity contribution in [2.45, 2.75) is 41.6 Å². The standard InChI is InChI=1S/C20H23N3O5S2/c21-20(24)19-13-15-5-1-2-6-16(15)14-23(19)30(27,28)18-9-7-17(8-10-18)29(25,26)22-11-3-4-12-22/h1-2,5-10,19H,3-4,11-14H2,(H2,21,24)/t19-/m0/s1. The zero-order chi connectivity index (χ0) is 21.5. The Bertz CT molecular complexity index is 1170. The molecule has 1 saturated heterocycles. The van der Waals surface area contributed by atoms with Crippen molar-refractivity contribution in [2.24, 2.45) is 5.73 Å². The molecule has 2 heterocycles. The molecule has 8 nitrogen and oxygen atoms in total. The van der Waals surface area contributed by atoms with Gasteiger partial charge in [0.1, 0.15) is 6.04 Å². The lowest BCUT2D eigenvalue weighted by Gasteiger charge is -2.34. The predicted octanol–water partition coefficient (Wildman–Crippen LogP) is 1.07. The van der Waals surface area contributed by atoms with Gasteiger partial charge in [-0.15, -0.1) is 0 Å². The van der Waals surface area contributed by atoms with Crippen LogP contribution < -0.4 is 5.73 Å². The number of hydrogen-bond donors (Lipinski definition) is 1. The van der Waals surface area contributed by atoms with Gasteiger partial charge in [-0.05, 0) is 54.7 Å². The van der Waals surface area contributed by atoms with Crippen LogP contribution in [0.15, 0.2) is 58.3 Å². The molecule has 2 aromatic rings. The van der Waals surface area contributed by atoms with E-state index in [1.165, 1.54) is 28.6 Å². The van der Waals surface area contributed by atoms with Gasteiger partial charge in [0.05, 0.1) is 9.79 Å². The summed E-state index contributed by atoms with van der Waals surface area (Å²) in [5, 5.41) is 0. The van der Waals surface area contributed by atoms with E-state index in [9.17, 15) is 21.6 Å². The normalized spacial score (nSPS) is 20.7. The molecule has 2 N–H and O–H groups in total. The Labute approximate surface area is 176 Å². The van der Waals surface area contributed by atoms with E-state index in [0.29, 0.717) is 13.1 Å². The third-order valence-electron chi connectivity index (χ3n) is 5.67. The zero-order valence-electron chi connectivity index (χ0n) is 16.3. The average molecular weight is 450 g/mol. The fourth-order valence-electron chi connectivity index (χ4n) is 3.99. The van der Waals surface area contributed by atoms with Crippen molar-refractivity contribution in [3.05, 3.63) is 59.7 Å². The first-order valence-corrected chi connectivity index (χ1v) is 12.6. The first-order chi connectivity index (χ1) is 14.2. The Morgan fingerprint density at radius 3 is 1.93 bits per heavy atom. The van der Waals surface area contributed by atoms with E-state index in [2.05, 4.69) is 0 Å². The summed E-state index contributed by atoms with van der Waals surface area (Å²) in [6.07, 6.45) is 1.83. The van der Waals surface area contributed by atoms with Gasteiger partial charge < -0.3 is 5.73 Å². The molecule has 2 aliphatic heterocycles. The molecule has 0 unspecified atom stereocenters. The Morgan fingerprint density at radius 1 is 0.833 bits per heavy atom. The molecule has 0 bridgehead atoms. The quantitative estimate of drug-likeness (QED) is 0.733. The van der Waals surface area contributed by atoms with E-state index in [1.54, 1.807) is 0 Å². The first kappa shape index (κ1) is 21.0. The summed E-state index contributed by atoms with van der Waals surface area (Å²) in [5.41, 5.74) is 7.21. The highest BCUT2D eigenvalue weighted by Gasteiger charge is 2.39. The number of benzene rings is 2. The Morgan fingerprint density at radius 2 is 1.37 bits per heavy atom. The van der Waals surface area contributed by atoms with Crippen LogP contribution in [0.25, 0.3) is 0 Å². The molecule has 0 spiro atoms. The molecule has 0 aliphatic carbocycles. The van der Waals surface area contributed by atoms with Crippen molar-refractivity contribution in [3.63, 3.8) is 0 Å². The average Bonchev–Trinajstić information content (AvgIpc) is 3.28. The van der Waals surface area contributed by atoms with E-state index in [-0.39, 0.29) is 22.8 Å². The lowest BCUT2D eigenvalue weighted by Crippen LogP contribution is -2.51. The van der Waals surface area contributed by atoms with Gasteiger partial charge in [-0.2, -0.15) is 8.61 Å². The molecular weight excluding hydrogens is 426 g/mol. The third-order valence-corrected chi connectivity index (χ3v) is 9.45. The van der Waals surface area contributed by atoms with Crippen molar-refractivity contribution in [1.82, 2.24) is 8.61 Å². The highest BCUT2D eigenvalue weighted by atomic mass is 32.2. The van der Waals surface area contributed by atoms with Gasteiger partial charge in [-0.25, -0.2) is 16.8 Å². The molecule has 1 fully saturated rings. The Balaban J connectivity index is 1.66. The molecule has 0 saturated carbocycles. The Hall–Kier alpha value is -2.27. The van der Waals surface area contributed by atoms with Gasteiger partial charge >= 0.3 is 0 Å². The third kappa shape index (κ3) is 3.64. The number of fused-ring (bicyclic) bond motifs is 1. The van der Waals surface area contributed by atoms with E-state index in [1.807, 2.05) is 24.3 Å². The van der Waals surface area contributed by atoms with E-state index in [4.69, 9.17) is 5.73 Å².